The molecular weight excluding hydrogens is 420 g/mol. The summed E-state index contributed by atoms with van der Waals surface area (Å²) in [7, 11) is -3.64. The molecular formula is C29H48OSi2. The van der Waals surface area contributed by atoms with Gasteiger partial charge in [-0.3, -0.25) is 0 Å². The van der Waals surface area contributed by atoms with Gasteiger partial charge in [-0.05, 0) is 70.6 Å². The molecule has 0 saturated carbocycles. The molecule has 0 saturated heterocycles. The zero-order chi connectivity index (χ0) is 25.0. The van der Waals surface area contributed by atoms with Crippen molar-refractivity contribution in [2.24, 2.45) is 11.3 Å². The minimum atomic E-state index is -1.97. The lowest BCUT2D eigenvalue weighted by molar-refractivity contribution is 0.221. The van der Waals surface area contributed by atoms with Gasteiger partial charge in [0.2, 0.25) is 0 Å². The van der Waals surface area contributed by atoms with E-state index in [0.29, 0.717) is 28.0 Å². The lowest BCUT2D eigenvalue weighted by atomic mass is 9.73. The van der Waals surface area contributed by atoms with Gasteiger partial charge in [0.05, 0.1) is 0 Å². The molecule has 0 aromatic carbocycles. The molecule has 1 unspecified atom stereocenters. The Labute approximate surface area is 202 Å². The van der Waals surface area contributed by atoms with Gasteiger partial charge >= 0.3 is 0 Å². The molecule has 0 aliphatic heterocycles. The van der Waals surface area contributed by atoms with E-state index in [0.717, 1.165) is 24.8 Å². The summed E-state index contributed by atoms with van der Waals surface area (Å²) in [4.78, 5) is 0. The largest absolute Gasteiger partial charge is 0.357 e. The van der Waals surface area contributed by atoms with Crippen LogP contribution in [0.15, 0.2) is 11.6 Å². The van der Waals surface area contributed by atoms with E-state index in [1.54, 1.807) is 0 Å². The lowest BCUT2D eigenvalue weighted by Gasteiger charge is -2.38. The van der Waals surface area contributed by atoms with Crippen molar-refractivity contribution >= 4 is 16.1 Å². The first kappa shape index (κ1) is 28.8. The lowest BCUT2D eigenvalue weighted by Crippen LogP contribution is -2.44. The second kappa shape index (κ2) is 10.8. The van der Waals surface area contributed by atoms with Gasteiger partial charge in [0.25, 0.3) is 5.60 Å². The highest BCUT2D eigenvalue weighted by Gasteiger charge is 2.42. The van der Waals surface area contributed by atoms with E-state index in [2.05, 4.69) is 123 Å². The summed E-state index contributed by atoms with van der Waals surface area (Å²) in [6.07, 6.45) is 5.45. The molecule has 2 atom stereocenters. The molecule has 1 aliphatic carbocycles. The summed E-state index contributed by atoms with van der Waals surface area (Å²) >= 11 is 0. The second-order valence-corrected chi connectivity index (χ2v) is 23.0. The van der Waals surface area contributed by atoms with E-state index in [-0.39, 0.29) is 0 Å². The molecule has 1 rings (SSSR count). The van der Waals surface area contributed by atoms with Gasteiger partial charge in [-0.15, -0.1) is 11.1 Å². The van der Waals surface area contributed by atoms with E-state index >= 15 is 0 Å². The molecule has 1 N–H and O–H groups in total. The van der Waals surface area contributed by atoms with Gasteiger partial charge < -0.3 is 5.11 Å². The summed E-state index contributed by atoms with van der Waals surface area (Å²) in [5, 5.41) is 11.5. The molecule has 1 aliphatic rings. The van der Waals surface area contributed by atoms with Crippen molar-refractivity contribution in [3.05, 3.63) is 11.6 Å². The highest BCUT2D eigenvalue weighted by molar-refractivity contribution is 6.90. The monoisotopic (exact) mass is 468 g/mol. The Kier molecular flexibility index (Phi) is 9.76. The maximum atomic E-state index is 11.5. The van der Waals surface area contributed by atoms with Crippen molar-refractivity contribution in [3.63, 3.8) is 0 Å². The molecule has 0 heterocycles. The van der Waals surface area contributed by atoms with Crippen LogP contribution >= 0.6 is 0 Å². The summed E-state index contributed by atoms with van der Waals surface area (Å²) in [6, 6.07) is 0. The van der Waals surface area contributed by atoms with Crippen LogP contribution in [0.5, 0.6) is 0 Å². The molecule has 1 nitrogen and oxygen atoms in total. The van der Waals surface area contributed by atoms with Gasteiger partial charge in [-0.25, -0.2) is 0 Å². The summed E-state index contributed by atoms with van der Waals surface area (Å²) in [5.74, 6) is 13.4. The second-order valence-electron chi connectivity index (χ2n) is 12.7. The Morgan fingerprint density at radius 1 is 0.875 bits per heavy atom. The van der Waals surface area contributed by atoms with Crippen molar-refractivity contribution in [2.75, 3.05) is 0 Å². The fourth-order valence-electron chi connectivity index (χ4n) is 4.91. The van der Waals surface area contributed by atoms with Crippen LogP contribution in [-0.2, 0) is 0 Å². The first-order valence-electron chi connectivity index (χ1n) is 12.5. The van der Waals surface area contributed by atoms with Gasteiger partial charge in [0.15, 0.2) is 0 Å². The molecule has 0 fully saturated rings. The van der Waals surface area contributed by atoms with Gasteiger partial charge in [-0.2, -0.15) is 0 Å². The normalized spacial score (nSPS) is 19.2. The SMILES string of the molecule is CC(C)[Si](C#C[C@@](O)(C#CC1=CCC(C(C)(C)C)CC1)C#C[Si](C)(C)C)(C(C)C)C(C)C. The topological polar surface area (TPSA) is 20.2 Å². The minimum Gasteiger partial charge on any atom is -0.357 e. The van der Waals surface area contributed by atoms with Crippen molar-refractivity contribution in [1.29, 1.82) is 0 Å². The molecule has 0 spiro atoms. The van der Waals surface area contributed by atoms with Crippen LogP contribution in [0.3, 0.4) is 0 Å². The first-order valence-corrected chi connectivity index (χ1v) is 18.2. The van der Waals surface area contributed by atoms with Crippen LogP contribution in [0.1, 0.15) is 81.6 Å². The van der Waals surface area contributed by atoms with Crippen molar-refractivity contribution in [1.82, 2.24) is 0 Å². The van der Waals surface area contributed by atoms with Gasteiger partial charge in [0, 0.05) is 0 Å². The number of hydrogen-bond acceptors (Lipinski definition) is 1. The number of hydrogen-bond donors (Lipinski definition) is 1. The molecule has 178 valence electrons. The van der Waals surface area contributed by atoms with Crippen molar-refractivity contribution < 1.29 is 5.11 Å². The average molecular weight is 469 g/mol. The highest BCUT2D eigenvalue weighted by Crippen LogP contribution is 2.41. The highest BCUT2D eigenvalue weighted by atomic mass is 28.3. The zero-order valence-corrected chi connectivity index (χ0v) is 25.0. The van der Waals surface area contributed by atoms with Crippen LogP contribution < -0.4 is 0 Å². The van der Waals surface area contributed by atoms with Gasteiger partial charge in [0.1, 0.15) is 16.1 Å². The Bertz CT molecular complexity index is 839. The predicted octanol–water partition coefficient (Wildman–Crippen LogP) is 7.60. The molecule has 3 heteroatoms. The predicted molar refractivity (Wildman–Crippen MR) is 148 cm³/mol. The molecule has 0 radical (unpaired) electrons. The summed E-state index contributed by atoms with van der Waals surface area (Å²) < 4.78 is 0. The molecule has 0 aromatic heterocycles. The van der Waals surface area contributed by atoms with E-state index < -0.39 is 21.7 Å². The maximum Gasteiger partial charge on any atom is 0.250 e. The standard InChI is InChI=1S/C29H48OSi2/c1-23(2)32(24(3)4,25(5)6)22-20-29(30,19-21-31(10,11)12)18-17-26-13-15-27(16-14-26)28(7,8)9/h13,23-25,27,30H,14-16H2,1-12H3/t27?,29-/m1/s1. The fourth-order valence-corrected chi connectivity index (χ4v) is 10.7. The van der Waals surface area contributed by atoms with Crippen LogP contribution in [0, 0.1) is 46.1 Å². The van der Waals surface area contributed by atoms with E-state index in [9.17, 15) is 5.11 Å². The Morgan fingerprint density at radius 2 is 1.38 bits per heavy atom. The number of aliphatic hydroxyl groups is 1. The van der Waals surface area contributed by atoms with Crippen LogP contribution in [0.4, 0.5) is 0 Å². The third-order valence-electron chi connectivity index (χ3n) is 6.98. The van der Waals surface area contributed by atoms with Crippen LogP contribution in [0.2, 0.25) is 36.3 Å². The Morgan fingerprint density at radius 3 is 1.75 bits per heavy atom. The Balaban J connectivity index is 3.45. The Hall–Kier alpha value is -1.19. The molecule has 0 amide bonds. The molecule has 0 aromatic rings. The van der Waals surface area contributed by atoms with Crippen molar-refractivity contribution in [2.45, 2.75) is 123 Å². The average Bonchev–Trinajstić information content (AvgIpc) is 2.64. The third kappa shape index (κ3) is 7.99. The first-order chi connectivity index (χ1) is 14.4. The molecule has 0 bridgehead atoms. The van der Waals surface area contributed by atoms with Crippen LogP contribution in [-0.4, -0.2) is 26.9 Å². The zero-order valence-electron chi connectivity index (χ0n) is 23.0. The van der Waals surface area contributed by atoms with Crippen molar-refractivity contribution in [3.8, 4) is 34.8 Å². The minimum absolute atomic E-state index is 0.322. The third-order valence-corrected chi connectivity index (χ3v) is 14.1. The fraction of sp³-hybridized carbons (Fsp3) is 0.724. The number of allylic oxidation sites excluding steroid dienone is 2. The van der Waals surface area contributed by atoms with E-state index in [1.165, 1.54) is 0 Å². The maximum absolute atomic E-state index is 11.5. The summed E-state index contributed by atoms with van der Waals surface area (Å²) in [6.45, 7) is 27.2. The van der Waals surface area contributed by atoms with Crippen LogP contribution in [0.25, 0.3) is 0 Å². The van der Waals surface area contributed by atoms with E-state index in [1.807, 2.05) is 0 Å². The summed E-state index contributed by atoms with van der Waals surface area (Å²) in [5.41, 5.74) is 8.40. The number of rotatable bonds is 3. The molecule has 32 heavy (non-hydrogen) atoms. The van der Waals surface area contributed by atoms with E-state index in [4.69, 9.17) is 0 Å². The quantitative estimate of drug-likeness (QED) is 0.334. The van der Waals surface area contributed by atoms with Gasteiger partial charge in [-0.1, -0.05) is 94.0 Å². The smallest absolute Gasteiger partial charge is 0.250 e.